The Morgan fingerprint density at radius 1 is 0.594 bits per heavy atom. The fourth-order valence-corrected chi connectivity index (χ4v) is 2.43. The molecule has 0 aliphatic rings. The minimum absolute atomic E-state index is 0.473. The first-order chi connectivity index (χ1) is 15.5. The van der Waals surface area contributed by atoms with Crippen LogP contribution in [0.15, 0.2) is 110 Å². The summed E-state index contributed by atoms with van der Waals surface area (Å²) in [4.78, 5) is 0. The number of allylic oxidation sites excluding steroid dienone is 6. The van der Waals surface area contributed by atoms with Crippen LogP contribution in [0.2, 0.25) is 0 Å². The van der Waals surface area contributed by atoms with Gasteiger partial charge >= 0.3 is 0 Å². The van der Waals surface area contributed by atoms with Crippen molar-refractivity contribution in [3.8, 4) is 0 Å². The summed E-state index contributed by atoms with van der Waals surface area (Å²) in [5.41, 5.74) is 2.72. The van der Waals surface area contributed by atoms with Crippen molar-refractivity contribution >= 4 is 0 Å². The summed E-state index contributed by atoms with van der Waals surface area (Å²) in [7, 11) is 0. The van der Waals surface area contributed by atoms with Gasteiger partial charge in [-0.15, -0.1) is 13.2 Å². The molecule has 0 aliphatic carbocycles. The van der Waals surface area contributed by atoms with Crippen molar-refractivity contribution in [2.45, 2.75) is 79.1 Å². The van der Waals surface area contributed by atoms with Gasteiger partial charge in [0, 0.05) is 0 Å². The Bertz CT molecular complexity index is 685. The second-order valence-corrected chi connectivity index (χ2v) is 7.46. The average Bonchev–Trinajstić information content (AvgIpc) is 2.87. The minimum Gasteiger partial charge on any atom is -0.103 e. The van der Waals surface area contributed by atoms with E-state index in [9.17, 15) is 0 Å². The lowest BCUT2D eigenvalue weighted by Gasteiger charge is -2.04. The summed E-state index contributed by atoms with van der Waals surface area (Å²) in [5.74, 6) is 1.02. The summed E-state index contributed by atoms with van der Waals surface area (Å²) in [6.45, 7) is 20.1. The van der Waals surface area contributed by atoms with Gasteiger partial charge < -0.3 is 0 Å². The monoisotopic (exact) mass is 432 g/mol. The fraction of sp³-hybridized carbons (Fsp3) is 0.375. The van der Waals surface area contributed by atoms with Crippen LogP contribution in [0.1, 0.15) is 90.2 Å². The highest BCUT2D eigenvalue weighted by atomic mass is 14.0. The molecule has 0 nitrogen and oxygen atoms in total. The first-order valence-corrected chi connectivity index (χ1v) is 12.2. The van der Waals surface area contributed by atoms with Crippen molar-refractivity contribution in [2.24, 2.45) is 0 Å². The van der Waals surface area contributed by atoms with Gasteiger partial charge in [-0.25, -0.2) is 0 Å². The Morgan fingerprint density at radius 2 is 0.969 bits per heavy atom. The normalized spacial score (nSPS) is 11.7. The van der Waals surface area contributed by atoms with Gasteiger partial charge in [-0.05, 0) is 48.6 Å². The molecule has 2 aromatic rings. The summed E-state index contributed by atoms with van der Waals surface area (Å²) < 4.78 is 0. The first-order valence-electron chi connectivity index (χ1n) is 12.2. The van der Waals surface area contributed by atoms with E-state index < -0.39 is 0 Å². The molecule has 0 bridgehead atoms. The Balaban J connectivity index is 0. The van der Waals surface area contributed by atoms with Gasteiger partial charge in [0.2, 0.25) is 0 Å². The third kappa shape index (κ3) is 19.4. The highest BCUT2D eigenvalue weighted by Crippen LogP contribution is 2.15. The zero-order valence-corrected chi connectivity index (χ0v) is 21.6. The van der Waals surface area contributed by atoms with Crippen LogP contribution in [0.5, 0.6) is 0 Å². The maximum Gasteiger partial charge on any atom is -0.00104 e. The molecule has 0 aromatic heterocycles. The standard InChI is InChI=1S/C12H16.C10H12.C6H12.C4H8/c1-3-4-8-11(2)12-9-6-5-7-10-12;1-3-9(2)10-7-5-4-6-8-10;1-3-5-6-4-2;1-3-4-2/h4-11H,3H2,1-2H3;3-9H,1H2,2H3;5-6H,3-4H2,1-2H3;3H,1,4H2,2H3/b8-4+;;6-5+;. The van der Waals surface area contributed by atoms with Crippen molar-refractivity contribution < 1.29 is 0 Å². The zero-order chi connectivity index (χ0) is 24.5. The molecule has 0 amide bonds. The van der Waals surface area contributed by atoms with E-state index in [-0.39, 0.29) is 0 Å². The van der Waals surface area contributed by atoms with Crippen LogP contribution >= 0.6 is 0 Å². The Labute approximate surface area is 200 Å². The van der Waals surface area contributed by atoms with Crippen molar-refractivity contribution in [3.63, 3.8) is 0 Å². The van der Waals surface area contributed by atoms with Gasteiger partial charge in [0.25, 0.3) is 0 Å². The van der Waals surface area contributed by atoms with Crippen molar-refractivity contribution in [1.29, 1.82) is 0 Å². The molecule has 0 fully saturated rings. The summed E-state index contributed by atoms with van der Waals surface area (Å²) in [6.07, 6.45) is 17.2. The fourth-order valence-electron chi connectivity index (χ4n) is 2.43. The molecule has 0 spiro atoms. The van der Waals surface area contributed by atoms with Crippen LogP contribution in [0.3, 0.4) is 0 Å². The van der Waals surface area contributed by atoms with Gasteiger partial charge in [-0.3, -0.25) is 0 Å². The molecule has 0 heteroatoms. The predicted octanol–water partition coefficient (Wildman–Crippen LogP) is 10.7. The van der Waals surface area contributed by atoms with E-state index in [1.54, 1.807) is 0 Å². The van der Waals surface area contributed by atoms with Crippen LogP contribution in [0, 0.1) is 0 Å². The molecule has 2 rings (SSSR count). The molecule has 2 unspecified atom stereocenters. The lowest BCUT2D eigenvalue weighted by atomic mass is 10.0. The molecule has 0 heterocycles. The topological polar surface area (TPSA) is 0 Å². The lowest BCUT2D eigenvalue weighted by Crippen LogP contribution is -1.86. The quantitative estimate of drug-likeness (QED) is 0.364. The van der Waals surface area contributed by atoms with Gasteiger partial charge in [-0.1, -0.05) is 139 Å². The molecule has 0 saturated heterocycles. The summed E-state index contributed by atoms with van der Waals surface area (Å²) in [6, 6.07) is 20.9. The van der Waals surface area contributed by atoms with Crippen LogP contribution in [-0.4, -0.2) is 0 Å². The Hall–Kier alpha value is -2.60. The highest BCUT2D eigenvalue weighted by Gasteiger charge is 1.98. The first kappa shape index (κ1) is 31.6. The van der Waals surface area contributed by atoms with Gasteiger partial charge in [0.15, 0.2) is 0 Å². The molecule has 0 N–H and O–H groups in total. The molecule has 2 aromatic carbocycles. The maximum absolute atomic E-state index is 3.74. The van der Waals surface area contributed by atoms with Crippen molar-refractivity contribution in [2.75, 3.05) is 0 Å². The summed E-state index contributed by atoms with van der Waals surface area (Å²) in [5, 5.41) is 0. The third-order valence-electron chi connectivity index (χ3n) is 4.59. The van der Waals surface area contributed by atoms with E-state index in [2.05, 4.69) is 134 Å². The maximum atomic E-state index is 3.74. The van der Waals surface area contributed by atoms with Crippen LogP contribution < -0.4 is 0 Å². The van der Waals surface area contributed by atoms with Gasteiger partial charge in [-0.2, -0.15) is 0 Å². The Morgan fingerprint density at radius 3 is 1.28 bits per heavy atom. The molecule has 0 aliphatic heterocycles. The number of benzene rings is 2. The number of hydrogen-bond donors (Lipinski definition) is 0. The predicted molar refractivity (Wildman–Crippen MR) is 150 cm³/mol. The molecule has 0 radical (unpaired) electrons. The van der Waals surface area contributed by atoms with Crippen molar-refractivity contribution in [3.05, 3.63) is 121 Å². The third-order valence-corrected chi connectivity index (χ3v) is 4.59. The minimum atomic E-state index is 0.473. The van der Waals surface area contributed by atoms with Crippen molar-refractivity contribution in [1.82, 2.24) is 0 Å². The Kier molecular flexibility index (Phi) is 24.3. The number of hydrogen-bond acceptors (Lipinski definition) is 0. The van der Waals surface area contributed by atoms with Crippen LogP contribution in [0.4, 0.5) is 0 Å². The second kappa shape index (κ2) is 24.7. The molecular weight excluding hydrogens is 384 g/mol. The molecular formula is C32H48. The molecule has 0 saturated carbocycles. The second-order valence-electron chi connectivity index (χ2n) is 7.46. The average molecular weight is 433 g/mol. The van der Waals surface area contributed by atoms with Gasteiger partial charge in [0.1, 0.15) is 0 Å². The molecule has 2 atom stereocenters. The molecule has 32 heavy (non-hydrogen) atoms. The lowest BCUT2D eigenvalue weighted by molar-refractivity contribution is 0.957. The highest BCUT2D eigenvalue weighted by molar-refractivity contribution is 5.23. The van der Waals surface area contributed by atoms with E-state index in [0.29, 0.717) is 11.8 Å². The van der Waals surface area contributed by atoms with Crippen LogP contribution in [-0.2, 0) is 0 Å². The zero-order valence-electron chi connectivity index (χ0n) is 21.6. The van der Waals surface area contributed by atoms with E-state index >= 15 is 0 Å². The van der Waals surface area contributed by atoms with E-state index in [4.69, 9.17) is 0 Å². The van der Waals surface area contributed by atoms with E-state index in [0.717, 1.165) is 12.8 Å². The van der Waals surface area contributed by atoms with E-state index in [1.165, 1.54) is 24.0 Å². The summed E-state index contributed by atoms with van der Waals surface area (Å²) >= 11 is 0. The number of rotatable bonds is 8. The van der Waals surface area contributed by atoms with Crippen LogP contribution in [0.25, 0.3) is 0 Å². The van der Waals surface area contributed by atoms with E-state index in [1.807, 2.05) is 18.2 Å². The SMILES string of the molecule is C=CC(C)c1ccccc1.C=CCC.CC/C=C/C(C)c1ccccc1.CC/C=C/CC. The van der Waals surface area contributed by atoms with Gasteiger partial charge in [0.05, 0.1) is 0 Å². The smallest absolute Gasteiger partial charge is 0.00104 e. The molecule has 176 valence electrons. The largest absolute Gasteiger partial charge is 0.103 e.